The third-order valence-corrected chi connectivity index (χ3v) is 16.4. The summed E-state index contributed by atoms with van der Waals surface area (Å²) in [6.07, 6.45) is -29.1. The number of alkyl halides is 6. The van der Waals surface area contributed by atoms with Gasteiger partial charge in [0.05, 0.1) is 87.1 Å². The second-order valence-corrected chi connectivity index (χ2v) is 23.0. The molecule has 2 saturated heterocycles. The van der Waals surface area contributed by atoms with Crippen LogP contribution in [0.4, 0.5) is 43.9 Å². The number of carbonyl (C=O) groups excluding carboxylic acids is 2. The largest absolute Gasteiger partial charge is 0.416 e. The topological polar surface area (TPSA) is 110 Å². The Hall–Kier alpha value is -9.04. The molecular formula is C82H80F10N6O6S2. The third kappa shape index (κ3) is 19.0. The monoisotopic (exact) mass is 1550 g/mol. The Kier molecular flexibility index (Phi) is 12.0. The summed E-state index contributed by atoms with van der Waals surface area (Å²) in [5.74, 6) is -12.0. The van der Waals surface area contributed by atoms with E-state index in [1.54, 1.807) is 0 Å². The van der Waals surface area contributed by atoms with Crippen molar-refractivity contribution in [1.29, 1.82) is 0 Å². The fourth-order valence-corrected chi connectivity index (χ4v) is 11.1. The van der Waals surface area contributed by atoms with Crippen LogP contribution in [0, 0.1) is 30.2 Å². The molecule has 12 rings (SSSR count). The Bertz CT molecular complexity index is 7370. The minimum Gasteiger partial charge on any atom is -0.383 e. The predicted molar refractivity (Wildman–Crippen MR) is 395 cm³/mol. The molecule has 0 saturated carbocycles. The number of para-hydroxylation sites is 2. The van der Waals surface area contributed by atoms with Gasteiger partial charge >= 0.3 is 12.4 Å². The number of ether oxygens (including phenoxy) is 2. The summed E-state index contributed by atoms with van der Waals surface area (Å²) in [5, 5.41) is -3.57. The van der Waals surface area contributed by atoms with E-state index in [-0.39, 0.29) is 43.3 Å². The van der Waals surface area contributed by atoms with Crippen LogP contribution in [0.3, 0.4) is 0 Å². The van der Waals surface area contributed by atoms with Crippen LogP contribution in [-0.2, 0) is 62.4 Å². The lowest BCUT2D eigenvalue weighted by atomic mass is 9.96. The number of benzene rings is 8. The van der Waals surface area contributed by atoms with Crippen LogP contribution in [0.2, 0.25) is 0 Å². The second kappa shape index (κ2) is 35.1. The number of methoxy groups -OCH3 is 2. The van der Waals surface area contributed by atoms with Crippen molar-refractivity contribution in [3.8, 4) is 22.3 Å². The minimum atomic E-state index is -5.59. The van der Waals surface area contributed by atoms with Gasteiger partial charge in [-0.1, -0.05) is 115 Å². The van der Waals surface area contributed by atoms with Crippen molar-refractivity contribution in [2.45, 2.75) is 111 Å². The van der Waals surface area contributed by atoms with Crippen LogP contribution in [0.1, 0.15) is 146 Å². The predicted octanol–water partition coefficient (Wildman–Crippen LogP) is 17.7. The third-order valence-electron chi connectivity index (χ3n) is 14.7. The van der Waals surface area contributed by atoms with Gasteiger partial charge in [-0.3, -0.25) is 19.2 Å². The normalized spacial score (nSPS) is 26.9. The maximum absolute atomic E-state index is 15.9. The lowest BCUT2D eigenvalue weighted by Crippen LogP contribution is -2.49. The first kappa shape index (κ1) is 36.2. The van der Waals surface area contributed by atoms with Gasteiger partial charge in [-0.2, -0.15) is 26.3 Å². The van der Waals surface area contributed by atoms with E-state index in [1.807, 2.05) is 0 Å². The highest BCUT2D eigenvalue weighted by Crippen LogP contribution is 2.37. The van der Waals surface area contributed by atoms with Crippen molar-refractivity contribution in [2.24, 2.45) is 0 Å². The Balaban J connectivity index is 0.000000300. The quantitative estimate of drug-likeness (QED) is 0.0428. The van der Waals surface area contributed by atoms with E-state index in [0.29, 0.717) is 13.0 Å². The van der Waals surface area contributed by atoms with E-state index in [1.165, 1.54) is 36.4 Å². The number of pyridine rings is 2. The summed E-state index contributed by atoms with van der Waals surface area (Å²) in [6.45, 7) is -36.8. The number of aromatic nitrogens is 2. The molecule has 1 atom stereocenters. The first-order chi connectivity index (χ1) is 70.3. The van der Waals surface area contributed by atoms with Crippen LogP contribution in [0.15, 0.2) is 207 Å². The number of thioether (sulfide) groups is 2. The first-order valence-electron chi connectivity index (χ1n) is 54.9. The number of nitrogens with zero attached hydrogens (tertiary/aromatic N) is 6. The zero-order valence-electron chi connectivity index (χ0n) is 104. The molecule has 2 fully saturated rings. The molecule has 1 unspecified atom stereocenters. The number of likely N-dealkylation sites (tertiary alicyclic amines) is 2. The van der Waals surface area contributed by atoms with Gasteiger partial charge < -0.3 is 38.2 Å². The van der Waals surface area contributed by atoms with E-state index in [9.17, 15) is 58.1 Å². The number of piperidine rings is 2. The Labute approximate surface area is 686 Å². The number of hydrogen-bond donors (Lipinski definition) is 0. The summed E-state index contributed by atoms with van der Waals surface area (Å²) >= 11 is -0.647. The summed E-state index contributed by atoms with van der Waals surface area (Å²) < 4.78 is 589. The van der Waals surface area contributed by atoms with Crippen LogP contribution in [0.25, 0.3) is 44.1 Å². The molecule has 0 radical (unpaired) electrons. The molecule has 2 aliphatic rings. The molecule has 12 nitrogen and oxygen atoms in total. The first-order valence-corrected chi connectivity index (χ1v) is 31.6. The molecule has 24 heteroatoms. The maximum atomic E-state index is 15.9. The molecule has 556 valence electrons. The number of amides is 2. The van der Waals surface area contributed by atoms with Gasteiger partial charge in [0, 0.05) is 150 Å². The minimum absolute atomic E-state index is 0.0582. The molecule has 0 spiro atoms. The van der Waals surface area contributed by atoms with Crippen LogP contribution < -0.4 is 10.9 Å². The second-order valence-electron chi connectivity index (χ2n) is 21.4. The highest BCUT2D eigenvalue weighted by atomic mass is 32.2. The van der Waals surface area contributed by atoms with Gasteiger partial charge in [-0.25, -0.2) is 17.6 Å². The van der Waals surface area contributed by atoms with Crippen molar-refractivity contribution >= 4 is 57.1 Å². The lowest BCUT2D eigenvalue weighted by molar-refractivity contribution is -0.138. The fourth-order valence-electron chi connectivity index (χ4n) is 9.59. The zero-order valence-corrected chi connectivity index (χ0v) is 55.4. The van der Waals surface area contributed by atoms with Crippen LogP contribution >= 0.6 is 23.5 Å². The van der Waals surface area contributed by atoms with Gasteiger partial charge in [0.25, 0.3) is 0 Å². The number of hydrogen-bond acceptors (Lipinski definition) is 10. The molecule has 4 heterocycles. The van der Waals surface area contributed by atoms with Crippen LogP contribution in [0.5, 0.6) is 0 Å². The molecule has 2 aliphatic heterocycles. The molecule has 0 bridgehead atoms. The lowest BCUT2D eigenvalue weighted by Gasteiger charge is -2.42. The standard InChI is InChI=1S/2C41H40F5N3O3S/c1-27(28-10-12-29(13-11-28)30-14-16-32(17-15-30)41(44,45)46)49(33-18-20-47(21-19-33)22-23-52-2)38(51)25-48-36-9-4-3-7-34(36)37(50)24-39(48)53-26-31-6-5-8-35(42)40(31)43;1-27-22-29(28-12-14-32(15-13-28)41(44,45)46)10-11-30(27)24-48(33-16-18-47(19-17-33)20-21-52-2)38(51)25-49-36-9-4-3-7-34(36)37(50)23-39(49)53-26-31-6-5-8-35(42)40(31)43/h3-17,24,27,33H,18-23,25-26H2,1-2H3;3-15,22-23,33H,16-21,24-26H2,1-2H3/i2D3,18D2,19D2,20D2,21D2,22D2,26D2,27D,33D;2D3,3D,4D,5D,6D,7D,8D,9D,10D,11D,12D,13D,14D,15D,16D2,17D2,18D2,19D2,20D2,22D,23D,24D2,26D2,33D. The molecule has 8 aromatic carbocycles. The SMILES string of the molecule is [2H]C([2H])([2H])OCC([2H])([2H])N1C([2H])([2H])C([2H])([2H])C([2H])(N(C(=O)Cn2c(SC([2H])([2H])c3cccc(F)c3F)cc(=O)c3ccccc32)C([2H])(C)c2ccc(-c3ccc(C(F)(F)F)cc3)cc2)C([2H])([2H])C1([2H])[2H].[2H]c1c([2H])c(F)c(F)c(C([2H])([2H])Sc2c([2H])c(=O)c3c([2H])c([2H])c([2H])c([2H])c3n2CC(=O)N(C([2H])([2H])c2c([2H])c([2H])c(-c3c([2H])c([2H])c(C(F)(F)F)c([2H])c3[2H])c([2H])c2C)C2([2H])C([2H])([2H])C([2H])([2H])N(C([2H])([2H])COC([2H])([2H])[2H])C([2H])([2H])C2([2H])[2H])c1[2H]. The van der Waals surface area contributed by atoms with Crippen LogP contribution in [-0.4, -0.2) is 119 Å². The number of fused-ring (bicyclic) bond motifs is 2. The summed E-state index contributed by atoms with van der Waals surface area (Å²) in [5.41, 5.74) is -22.6. The maximum Gasteiger partial charge on any atom is 0.416 e. The number of halogens is 10. The average molecular weight is 1550 g/mol. The van der Waals surface area contributed by atoms with Crippen molar-refractivity contribution in [3.05, 3.63) is 270 Å². The van der Waals surface area contributed by atoms with E-state index in [0.717, 1.165) is 66.1 Å². The zero-order chi connectivity index (χ0) is 120. The smallest absolute Gasteiger partial charge is 0.383 e. The van der Waals surface area contributed by atoms with E-state index >= 15 is 22.8 Å². The summed E-state index contributed by atoms with van der Waals surface area (Å²) in [6, 6.07) is -19.3. The number of carbonyl (C=O) groups is 2. The van der Waals surface area contributed by atoms with Gasteiger partial charge in [-0.05, 0) is 139 Å². The Morgan fingerprint density at radius 1 is 0.594 bits per heavy atom. The molecule has 0 aliphatic carbocycles. The number of rotatable bonds is 24. The van der Waals surface area contributed by atoms with Gasteiger partial charge in [-0.15, -0.1) is 23.5 Å². The van der Waals surface area contributed by atoms with Gasteiger partial charge in [0.1, 0.15) is 13.1 Å². The van der Waals surface area contributed by atoms with Crippen molar-refractivity contribution in [1.82, 2.24) is 28.7 Å². The van der Waals surface area contributed by atoms with E-state index < -0.39 is 387 Å². The molecule has 2 amide bonds. The molecule has 106 heavy (non-hydrogen) atoms. The Morgan fingerprint density at radius 2 is 1.18 bits per heavy atom. The molecular weight excluding hydrogens is 1420 g/mol. The van der Waals surface area contributed by atoms with E-state index in [2.05, 4.69) is 9.47 Å². The van der Waals surface area contributed by atoms with Gasteiger partial charge in [0.2, 0.25) is 11.8 Å². The van der Waals surface area contributed by atoms with Crippen molar-refractivity contribution in [2.75, 3.05) is 66.3 Å². The van der Waals surface area contributed by atoms with Crippen molar-refractivity contribution in [3.63, 3.8) is 0 Å². The highest BCUT2D eigenvalue weighted by Gasteiger charge is 2.35. The van der Waals surface area contributed by atoms with Gasteiger partial charge in [0.15, 0.2) is 34.1 Å². The fraction of sp³-hybridized carbons (Fsp3) is 0.317. The summed E-state index contributed by atoms with van der Waals surface area (Å²) in [7, 11) is -7.01. The molecule has 0 N–H and O–H groups in total. The molecule has 10 aromatic rings. The average Bonchev–Trinajstić information content (AvgIpc) is 0.655. The van der Waals surface area contributed by atoms with E-state index in [4.69, 9.17) is 50.7 Å². The Morgan fingerprint density at radius 3 is 1.84 bits per heavy atom. The highest BCUT2D eigenvalue weighted by molar-refractivity contribution is 7.98. The van der Waals surface area contributed by atoms with Crippen molar-refractivity contribution < 1.29 is 132 Å². The summed E-state index contributed by atoms with van der Waals surface area (Å²) in [4.78, 5) is 56.3. The molecule has 2 aromatic heterocycles.